The first kappa shape index (κ1) is 17.0. The number of hydrogen-bond acceptors (Lipinski definition) is 5. The van der Waals surface area contributed by atoms with Crippen LogP contribution >= 0.6 is 11.6 Å². The molecule has 0 radical (unpaired) electrons. The number of halogens is 1. The van der Waals surface area contributed by atoms with Crippen molar-refractivity contribution in [1.29, 1.82) is 0 Å². The number of rotatable bonds is 3. The monoisotopic (exact) mass is 380 g/mol. The Morgan fingerprint density at radius 1 is 1.15 bits per heavy atom. The summed E-state index contributed by atoms with van der Waals surface area (Å²) in [4.78, 5) is 30.3. The molecular formula is C19H13ClN4O3. The summed E-state index contributed by atoms with van der Waals surface area (Å²) in [6, 6.07) is 12.6. The van der Waals surface area contributed by atoms with Crippen LogP contribution in [0.15, 0.2) is 56.6 Å². The van der Waals surface area contributed by atoms with Crippen LogP contribution in [-0.4, -0.2) is 19.7 Å². The van der Waals surface area contributed by atoms with Gasteiger partial charge in [-0.15, -0.1) is 0 Å². The Balaban J connectivity index is 1.68. The van der Waals surface area contributed by atoms with E-state index in [1.807, 2.05) is 24.3 Å². The predicted molar refractivity (Wildman–Crippen MR) is 103 cm³/mol. The average Bonchev–Trinajstić information content (AvgIpc) is 3.13. The Morgan fingerprint density at radius 2 is 2.00 bits per heavy atom. The molecule has 0 atom stereocenters. The molecule has 4 rings (SSSR count). The highest BCUT2D eigenvalue weighted by Crippen LogP contribution is 2.21. The third-order valence-corrected chi connectivity index (χ3v) is 4.31. The second-order valence-corrected chi connectivity index (χ2v) is 6.33. The van der Waals surface area contributed by atoms with E-state index in [-0.39, 0.29) is 0 Å². The zero-order valence-electron chi connectivity index (χ0n) is 14.1. The summed E-state index contributed by atoms with van der Waals surface area (Å²) in [5.74, 6) is 0.705. The van der Waals surface area contributed by atoms with Crippen LogP contribution in [0.25, 0.3) is 34.6 Å². The minimum atomic E-state index is -0.680. The summed E-state index contributed by atoms with van der Waals surface area (Å²) < 4.78 is 6.54. The fraction of sp³-hybridized carbons (Fsp3) is 0.0526. The van der Waals surface area contributed by atoms with Gasteiger partial charge in [-0.3, -0.25) is 9.59 Å². The van der Waals surface area contributed by atoms with Crippen molar-refractivity contribution in [3.63, 3.8) is 0 Å². The third-order valence-electron chi connectivity index (χ3n) is 4.07. The highest BCUT2D eigenvalue weighted by Gasteiger charge is 2.10. The number of aromatic nitrogens is 4. The zero-order valence-corrected chi connectivity index (χ0v) is 14.9. The Hall–Kier alpha value is -3.45. The van der Waals surface area contributed by atoms with Crippen molar-refractivity contribution < 1.29 is 4.52 Å². The molecule has 0 amide bonds. The fourth-order valence-electron chi connectivity index (χ4n) is 2.70. The summed E-state index contributed by atoms with van der Waals surface area (Å²) >= 11 is 5.96. The van der Waals surface area contributed by atoms with Gasteiger partial charge in [0.1, 0.15) is 0 Å². The fourth-order valence-corrected chi connectivity index (χ4v) is 2.90. The molecule has 0 aliphatic carbocycles. The second kappa shape index (κ2) is 6.69. The van der Waals surface area contributed by atoms with Crippen molar-refractivity contribution in [2.45, 2.75) is 0 Å². The normalized spacial score (nSPS) is 11.5. The van der Waals surface area contributed by atoms with Gasteiger partial charge in [0.15, 0.2) is 0 Å². The number of aromatic amines is 1. The number of hydrogen-bond donors (Lipinski definition) is 1. The highest BCUT2D eigenvalue weighted by molar-refractivity contribution is 6.30. The van der Waals surface area contributed by atoms with Crippen molar-refractivity contribution in [3.8, 4) is 11.4 Å². The predicted octanol–water partition coefficient (Wildman–Crippen LogP) is 3.10. The van der Waals surface area contributed by atoms with E-state index in [0.717, 1.165) is 5.56 Å². The summed E-state index contributed by atoms with van der Waals surface area (Å²) in [6.45, 7) is 0. The molecule has 2 heterocycles. The van der Waals surface area contributed by atoms with Crippen LogP contribution < -0.4 is 11.1 Å². The van der Waals surface area contributed by atoms with Gasteiger partial charge in [-0.1, -0.05) is 28.9 Å². The van der Waals surface area contributed by atoms with Gasteiger partial charge in [-0.05, 0) is 42.0 Å². The Kier molecular flexibility index (Phi) is 4.21. The Bertz CT molecular complexity index is 1300. The molecule has 4 aromatic rings. The van der Waals surface area contributed by atoms with Gasteiger partial charge >= 0.3 is 11.1 Å². The molecule has 0 aliphatic rings. The van der Waals surface area contributed by atoms with Crippen LogP contribution in [-0.2, 0) is 7.05 Å². The number of fused-ring (bicyclic) bond motifs is 1. The largest absolute Gasteiger partial charge is 0.334 e. The first-order valence-corrected chi connectivity index (χ1v) is 8.40. The number of H-pyrrole nitrogens is 1. The van der Waals surface area contributed by atoms with Gasteiger partial charge in [0.05, 0.1) is 11.0 Å². The van der Waals surface area contributed by atoms with E-state index in [9.17, 15) is 9.59 Å². The minimum Gasteiger partial charge on any atom is -0.334 e. The van der Waals surface area contributed by atoms with E-state index >= 15 is 0 Å². The van der Waals surface area contributed by atoms with Crippen LogP contribution in [0.5, 0.6) is 0 Å². The van der Waals surface area contributed by atoms with E-state index in [0.29, 0.717) is 33.3 Å². The van der Waals surface area contributed by atoms with Gasteiger partial charge < -0.3 is 14.1 Å². The number of benzene rings is 2. The molecule has 0 saturated carbocycles. The van der Waals surface area contributed by atoms with Crippen LogP contribution in [0.2, 0.25) is 5.02 Å². The van der Waals surface area contributed by atoms with Crippen LogP contribution in [0.1, 0.15) is 11.5 Å². The molecule has 1 N–H and O–H groups in total. The summed E-state index contributed by atoms with van der Waals surface area (Å²) in [5.41, 5.74) is 1.39. The molecule has 7 nitrogen and oxygen atoms in total. The molecule has 0 fully saturated rings. The molecule has 2 aromatic carbocycles. The van der Waals surface area contributed by atoms with Gasteiger partial charge in [0.2, 0.25) is 5.82 Å². The van der Waals surface area contributed by atoms with Crippen molar-refractivity contribution >= 4 is 34.8 Å². The first-order chi connectivity index (χ1) is 13.0. The molecule has 8 heteroatoms. The lowest BCUT2D eigenvalue weighted by Crippen LogP contribution is -2.34. The van der Waals surface area contributed by atoms with Gasteiger partial charge in [-0.2, -0.15) is 4.98 Å². The van der Waals surface area contributed by atoms with Crippen molar-refractivity contribution in [3.05, 3.63) is 79.6 Å². The van der Waals surface area contributed by atoms with Gasteiger partial charge in [-0.25, -0.2) is 0 Å². The molecule has 0 unspecified atom stereocenters. The van der Waals surface area contributed by atoms with Crippen LogP contribution in [0.4, 0.5) is 0 Å². The number of nitrogens with one attached hydrogen (secondary N) is 1. The van der Waals surface area contributed by atoms with Gasteiger partial charge in [0.25, 0.3) is 5.89 Å². The van der Waals surface area contributed by atoms with E-state index in [4.69, 9.17) is 16.1 Å². The SMILES string of the molecule is Cn1c(=O)c(=O)[nH]c2cc(-c3noc(/C=C/c4cccc(Cl)c4)n3)ccc21. The molecule has 0 spiro atoms. The lowest BCUT2D eigenvalue weighted by atomic mass is 10.2. The van der Waals surface area contributed by atoms with E-state index in [1.54, 1.807) is 37.4 Å². The number of aryl methyl sites for hydroxylation is 1. The lowest BCUT2D eigenvalue weighted by molar-refractivity contribution is 0.411. The standard InChI is InChI=1S/C19H13ClN4O3/c1-24-15-7-6-12(10-14(15)21-18(25)19(24)26)17-22-16(27-23-17)8-5-11-3-2-4-13(20)9-11/h2-10H,1H3,(H,21,25)/b8-5+. The van der Waals surface area contributed by atoms with Crippen LogP contribution in [0, 0.1) is 0 Å². The molecule has 134 valence electrons. The Morgan fingerprint density at radius 3 is 2.81 bits per heavy atom. The Labute approximate surface area is 157 Å². The molecule has 2 aromatic heterocycles. The van der Waals surface area contributed by atoms with Crippen molar-refractivity contribution in [2.75, 3.05) is 0 Å². The van der Waals surface area contributed by atoms with Crippen molar-refractivity contribution in [2.24, 2.45) is 7.05 Å². The van der Waals surface area contributed by atoms with E-state index < -0.39 is 11.1 Å². The van der Waals surface area contributed by atoms with Crippen LogP contribution in [0.3, 0.4) is 0 Å². The molecular weight excluding hydrogens is 368 g/mol. The molecule has 0 aliphatic heterocycles. The molecule has 0 bridgehead atoms. The average molecular weight is 381 g/mol. The second-order valence-electron chi connectivity index (χ2n) is 5.89. The quantitative estimate of drug-likeness (QED) is 0.551. The number of nitrogens with zero attached hydrogens (tertiary/aromatic N) is 3. The van der Waals surface area contributed by atoms with Gasteiger partial charge in [0, 0.05) is 23.7 Å². The zero-order chi connectivity index (χ0) is 19.0. The molecule has 0 saturated heterocycles. The van der Waals surface area contributed by atoms with E-state index in [2.05, 4.69) is 15.1 Å². The maximum atomic E-state index is 11.7. The smallest absolute Gasteiger partial charge is 0.316 e. The maximum absolute atomic E-state index is 11.7. The maximum Gasteiger partial charge on any atom is 0.316 e. The highest BCUT2D eigenvalue weighted by atomic mass is 35.5. The first-order valence-electron chi connectivity index (χ1n) is 8.02. The molecule has 27 heavy (non-hydrogen) atoms. The third kappa shape index (κ3) is 3.32. The van der Waals surface area contributed by atoms with E-state index in [1.165, 1.54) is 4.57 Å². The van der Waals surface area contributed by atoms with Crippen molar-refractivity contribution in [1.82, 2.24) is 19.7 Å². The summed E-state index contributed by atoms with van der Waals surface area (Å²) in [7, 11) is 1.55. The topological polar surface area (TPSA) is 93.8 Å². The summed E-state index contributed by atoms with van der Waals surface area (Å²) in [6.07, 6.45) is 3.51. The summed E-state index contributed by atoms with van der Waals surface area (Å²) in [5, 5.41) is 4.60. The minimum absolute atomic E-state index is 0.332. The lowest BCUT2D eigenvalue weighted by Gasteiger charge is -2.04.